The molecule has 0 atom stereocenters. The summed E-state index contributed by atoms with van der Waals surface area (Å²) in [6, 6.07) is 0. The molecule has 0 saturated carbocycles. The average molecular weight is 346 g/mol. The minimum Gasteiger partial charge on any atom is -0.342 e. The van der Waals surface area contributed by atoms with Gasteiger partial charge in [-0.15, -0.1) is 0 Å². The Hall–Kier alpha value is -2.35. The van der Waals surface area contributed by atoms with Crippen molar-refractivity contribution in [3.8, 4) is 0 Å². The van der Waals surface area contributed by atoms with E-state index in [0.717, 1.165) is 37.5 Å². The van der Waals surface area contributed by atoms with Crippen molar-refractivity contribution in [2.75, 3.05) is 24.5 Å². The molecule has 0 aliphatic carbocycles. The Morgan fingerprint density at radius 2 is 2.00 bits per heavy atom. The summed E-state index contributed by atoms with van der Waals surface area (Å²) in [6.07, 6.45) is 4.08. The van der Waals surface area contributed by atoms with E-state index in [9.17, 15) is 9.59 Å². The number of nitrogens with two attached hydrogens (primary N) is 1. The Bertz CT molecular complexity index is 908. The normalized spacial score (nSPS) is 15.8. The van der Waals surface area contributed by atoms with Crippen molar-refractivity contribution in [2.45, 2.75) is 33.2 Å². The van der Waals surface area contributed by atoms with Gasteiger partial charge in [0.1, 0.15) is 0 Å². The number of nitrogens with zero attached hydrogens (tertiary/aromatic N) is 4. The number of fused-ring (bicyclic) bond motifs is 1. The molecule has 136 valence electrons. The van der Waals surface area contributed by atoms with Crippen LogP contribution in [0.15, 0.2) is 21.2 Å². The number of rotatable bonds is 4. The van der Waals surface area contributed by atoms with Crippen molar-refractivity contribution in [1.82, 2.24) is 19.1 Å². The molecule has 3 N–H and O–H groups in total. The standard InChI is InChI=1S/C17H26N6O2/c1-11(2)4-9-23-13-14(21(3)17(25)20-15(13)24)19-16(23)22-7-5-12(10-18)6-8-22/h4,12H,5-10,18H2,1-3H3,(H,20,24,25). The zero-order chi connectivity index (χ0) is 18.1. The number of hydrogen-bond acceptors (Lipinski definition) is 5. The van der Waals surface area contributed by atoms with Gasteiger partial charge in [0.25, 0.3) is 5.56 Å². The van der Waals surface area contributed by atoms with Crippen LogP contribution in [0, 0.1) is 5.92 Å². The van der Waals surface area contributed by atoms with Crippen LogP contribution in [-0.2, 0) is 13.6 Å². The molecule has 1 saturated heterocycles. The monoisotopic (exact) mass is 346 g/mol. The van der Waals surface area contributed by atoms with Crippen LogP contribution in [-0.4, -0.2) is 38.7 Å². The number of allylic oxidation sites excluding steroid dienone is 2. The SMILES string of the molecule is CC(C)=CCn1c(N2CCC(CN)CC2)nc2c1c(=O)[nH]c(=O)n2C. The van der Waals surface area contributed by atoms with E-state index < -0.39 is 11.2 Å². The Kier molecular flexibility index (Phi) is 4.80. The van der Waals surface area contributed by atoms with Crippen LogP contribution in [0.3, 0.4) is 0 Å². The minimum absolute atomic E-state index is 0.393. The van der Waals surface area contributed by atoms with Crippen molar-refractivity contribution in [1.29, 1.82) is 0 Å². The zero-order valence-electron chi connectivity index (χ0n) is 15.1. The number of hydrogen-bond donors (Lipinski definition) is 2. The highest BCUT2D eigenvalue weighted by molar-refractivity contribution is 5.74. The van der Waals surface area contributed by atoms with Crippen molar-refractivity contribution < 1.29 is 0 Å². The molecule has 0 spiro atoms. The molecule has 0 unspecified atom stereocenters. The predicted molar refractivity (Wildman–Crippen MR) is 99.0 cm³/mol. The van der Waals surface area contributed by atoms with Crippen LogP contribution in [0.4, 0.5) is 5.95 Å². The maximum atomic E-state index is 12.4. The van der Waals surface area contributed by atoms with Gasteiger partial charge in [0.15, 0.2) is 11.2 Å². The Labute approximate surface area is 146 Å². The highest BCUT2D eigenvalue weighted by Gasteiger charge is 2.24. The van der Waals surface area contributed by atoms with Gasteiger partial charge in [0.05, 0.1) is 0 Å². The Morgan fingerprint density at radius 1 is 1.32 bits per heavy atom. The molecule has 1 aliphatic heterocycles. The molecule has 2 aromatic heterocycles. The van der Waals surface area contributed by atoms with E-state index in [1.165, 1.54) is 4.57 Å². The molecule has 3 heterocycles. The van der Waals surface area contributed by atoms with E-state index in [2.05, 4.69) is 20.9 Å². The Balaban J connectivity index is 2.13. The van der Waals surface area contributed by atoms with Gasteiger partial charge in [0.2, 0.25) is 5.95 Å². The summed E-state index contributed by atoms with van der Waals surface area (Å²) in [4.78, 5) is 33.6. The van der Waals surface area contributed by atoms with Crippen LogP contribution >= 0.6 is 0 Å². The third kappa shape index (κ3) is 3.26. The third-order valence-electron chi connectivity index (χ3n) is 4.90. The van der Waals surface area contributed by atoms with Gasteiger partial charge in [-0.1, -0.05) is 11.6 Å². The van der Waals surface area contributed by atoms with Crippen molar-refractivity contribution in [2.24, 2.45) is 18.7 Å². The van der Waals surface area contributed by atoms with Gasteiger partial charge >= 0.3 is 5.69 Å². The fourth-order valence-electron chi connectivity index (χ4n) is 3.28. The summed E-state index contributed by atoms with van der Waals surface area (Å²) in [5.74, 6) is 1.29. The molecule has 1 aliphatic rings. The maximum Gasteiger partial charge on any atom is 0.329 e. The van der Waals surface area contributed by atoms with E-state index in [4.69, 9.17) is 5.73 Å². The van der Waals surface area contributed by atoms with Gasteiger partial charge in [-0.05, 0) is 39.2 Å². The highest BCUT2D eigenvalue weighted by Crippen LogP contribution is 2.25. The molecular formula is C17H26N6O2. The third-order valence-corrected chi connectivity index (χ3v) is 4.90. The van der Waals surface area contributed by atoms with Crippen molar-refractivity contribution in [3.05, 3.63) is 32.5 Å². The van der Waals surface area contributed by atoms with E-state index in [1.807, 2.05) is 18.4 Å². The van der Waals surface area contributed by atoms with Gasteiger partial charge in [-0.3, -0.25) is 14.3 Å². The molecule has 8 nitrogen and oxygen atoms in total. The topological polar surface area (TPSA) is 102 Å². The first-order valence-electron chi connectivity index (χ1n) is 8.70. The minimum atomic E-state index is -0.447. The molecule has 8 heteroatoms. The number of nitrogens with one attached hydrogen (secondary N) is 1. The zero-order valence-corrected chi connectivity index (χ0v) is 15.1. The summed E-state index contributed by atoms with van der Waals surface area (Å²) in [6.45, 7) is 7.00. The molecule has 0 amide bonds. The number of imidazole rings is 1. The molecule has 25 heavy (non-hydrogen) atoms. The first kappa shape index (κ1) is 17.5. The van der Waals surface area contributed by atoms with E-state index in [1.54, 1.807) is 7.05 Å². The molecule has 0 radical (unpaired) electrons. The van der Waals surface area contributed by atoms with E-state index in [0.29, 0.717) is 30.2 Å². The number of aromatic amines is 1. The van der Waals surface area contributed by atoms with Gasteiger partial charge in [-0.2, -0.15) is 4.98 Å². The molecule has 1 fully saturated rings. The lowest BCUT2D eigenvalue weighted by Crippen LogP contribution is -2.37. The number of H-pyrrole nitrogens is 1. The molecular weight excluding hydrogens is 320 g/mol. The van der Waals surface area contributed by atoms with E-state index >= 15 is 0 Å². The lowest BCUT2D eigenvalue weighted by molar-refractivity contribution is 0.409. The van der Waals surface area contributed by atoms with E-state index in [-0.39, 0.29) is 0 Å². The Morgan fingerprint density at radius 3 is 2.60 bits per heavy atom. The fraction of sp³-hybridized carbons (Fsp3) is 0.588. The second-order valence-corrected chi connectivity index (χ2v) is 6.96. The molecule has 2 aromatic rings. The lowest BCUT2D eigenvalue weighted by atomic mass is 9.97. The first-order valence-corrected chi connectivity index (χ1v) is 8.70. The lowest BCUT2D eigenvalue weighted by Gasteiger charge is -2.32. The van der Waals surface area contributed by atoms with Crippen molar-refractivity contribution in [3.63, 3.8) is 0 Å². The molecule has 0 aromatic carbocycles. The largest absolute Gasteiger partial charge is 0.342 e. The summed E-state index contributed by atoms with van der Waals surface area (Å²) in [5, 5.41) is 0. The highest BCUT2D eigenvalue weighted by atomic mass is 16.2. The molecule has 0 bridgehead atoms. The number of anilines is 1. The van der Waals surface area contributed by atoms with Crippen LogP contribution in [0.25, 0.3) is 11.2 Å². The van der Waals surface area contributed by atoms with Gasteiger partial charge in [0, 0.05) is 26.7 Å². The van der Waals surface area contributed by atoms with Crippen LogP contribution in [0.2, 0.25) is 0 Å². The smallest absolute Gasteiger partial charge is 0.329 e. The maximum absolute atomic E-state index is 12.4. The quantitative estimate of drug-likeness (QED) is 0.788. The number of aryl methyl sites for hydroxylation is 1. The number of aromatic nitrogens is 4. The van der Waals surface area contributed by atoms with Crippen LogP contribution in [0.5, 0.6) is 0 Å². The van der Waals surface area contributed by atoms with Gasteiger partial charge < -0.3 is 15.2 Å². The number of piperidine rings is 1. The fourth-order valence-corrected chi connectivity index (χ4v) is 3.28. The van der Waals surface area contributed by atoms with Gasteiger partial charge in [-0.25, -0.2) is 4.79 Å². The summed E-state index contributed by atoms with van der Waals surface area (Å²) >= 11 is 0. The summed E-state index contributed by atoms with van der Waals surface area (Å²) in [5.41, 5.74) is 6.97. The average Bonchev–Trinajstić information content (AvgIpc) is 2.98. The second-order valence-electron chi connectivity index (χ2n) is 6.96. The van der Waals surface area contributed by atoms with Crippen LogP contribution in [0.1, 0.15) is 26.7 Å². The summed E-state index contributed by atoms with van der Waals surface area (Å²) in [7, 11) is 1.63. The summed E-state index contributed by atoms with van der Waals surface area (Å²) < 4.78 is 3.30. The molecule has 3 rings (SSSR count). The predicted octanol–water partition coefficient (Wildman–Crippen LogP) is 0.565. The van der Waals surface area contributed by atoms with Crippen molar-refractivity contribution >= 4 is 17.1 Å². The first-order chi connectivity index (χ1) is 11.9. The van der Waals surface area contributed by atoms with Crippen LogP contribution < -0.4 is 21.9 Å². The second kappa shape index (κ2) is 6.87.